The Hall–Kier alpha value is -2.15. The van der Waals surface area contributed by atoms with Gasteiger partial charge in [0, 0.05) is 11.3 Å². The molecule has 0 unspecified atom stereocenters. The molecule has 1 heterocycles. The first-order chi connectivity index (χ1) is 12.4. The Morgan fingerprint density at radius 2 is 1.88 bits per heavy atom. The van der Waals surface area contributed by atoms with Crippen LogP contribution in [0.4, 0.5) is 10.1 Å². The lowest BCUT2D eigenvalue weighted by Gasteiger charge is -2.05. The molecule has 0 saturated heterocycles. The van der Waals surface area contributed by atoms with Gasteiger partial charge in [-0.3, -0.25) is 4.79 Å². The smallest absolute Gasteiger partial charge is 0.258 e. The van der Waals surface area contributed by atoms with Crippen LogP contribution in [-0.4, -0.2) is 20.9 Å². The zero-order chi connectivity index (χ0) is 18.8. The Labute approximate surface area is 163 Å². The molecule has 0 spiro atoms. The minimum absolute atomic E-state index is 0.0516. The molecule has 1 aromatic heterocycles. The summed E-state index contributed by atoms with van der Waals surface area (Å²) in [6.07, 6.45) is 0. The third-order valence-electron chi connectivity index (χ3n) is 3.53. The predicted molar refractivity (Wildman–Crippen MR) is 99.0 cm³/mol. The van der Waals surface area contributed by atoms with Crippen molar-refractivity contribution in [3.63, 3.8) is 0 Å². The zero-order valence-electron chi connectivity index (χ0n) is 13.3. The van der Waals surface area contributed by atoms with E-state index in [2.05, 4.69) is 15.5 Å². The molecule has 3 rings (SSSR count). The van der Waals surface area contributed by atoms with Gasteiger partial charge in [-0.1, -0.05) is 46.0 Å². The number of rotatable bonds is 4. The van der Waals surface area contributed by atoms with Crippen molar-refractivity contribution in [3.8, 4) is 22.8 Å². The van der Waals surface area contributed by atoms with Gasteiger partial charge in [0.05, 0.1) is 10.6 Å². The van der Waals surface area contributed by atoms with Crippen LogP contribution in [0.25, 0.3) is 22.8 Å². The Morgan fingerprint density at radius 1 is 1.19 bits per heavy atom. The number of aromatic nitrogens is 2. The highest BCUT2D eigenvalue weighted by Crippen LogP contribution is 2.32. The summed E-state index contributed by atoms with van der Waals surface area (Å²) in [5, 5.41) is 6.57. The van der Waals surface area contributed by atoms with Gasteiger partial charge >= 0.3 is 0 Å². The molecule has 0 aliphatic heterocycles. The van der Waals surface area contributed by atoms with Crippen molar-refractivity contribution in [2.24, 2.45) is 0 Å². The van der Waals surface area contributed by atoms with E-state index in [1.54, 1.807) is 37.3 Å². The molecule has 26 heavy (non-hydrogen) atoms. The second-order valence-electron chi connectivity index (χ2n) is 5.34. The summed E-state index contributed by atoms with van der Waals surface area (Å²) < 4.78 is 19.3. The number of benzene rings is 2. The lowest BCUT2D eigenvalue weighted by Crippen LogP contribution is -2.18. The van der Waals surface area contributed by atoms with E-state index in [0.717, 1.165) is 0 Å². The molecule has 0 aliphatic rings. The molecule has 0 fully saturated rings. The highest BCUT2D eigenvalue weighted by molar-refractivity contribution is 6.54. The molecule has 5 nitrogen and oxygen atoms in total. The summed E-state index contributed by atoms with van der Waals surface area (Å²) in [6.45, 7) is 1.76. The summed E-state index contributed by atoms with van der Waals surface area (Å²) in [7, 11) is 0. The third-order valence-corrected chi connectivity index (χ3v) is 4.41. The molecular weight excluding hydrogens is 404 g/mol. The van der Waals surface area contributed by atoms with Gasteiger partial charge in [-0.15, -0.1) is 0 Å². The Balaban J connectivity index is 1.87. The zero-order valence-corrected chi connectivity index (χ0v) is 15.5. The fourth-order valence-electron chi connectivity index (χ4n) is 2.20. The van der Waals surface area contributed by atoms with Crippen molar-refractivity contribution < 1.29 is 13.7 Å². The van der Waals surface area contributed by atoms with Gasteiger partial charge < -0.3 is 9.84 Å². The highest BCUT2D eigenvalue weighted by Gasteiger charge is 2.19. The molecule has 1 amide bonds. The van der Waals surface area contributed by atoms with Crippen LogP contribution in [0.5, 0.6) is 0 Å². The van der Waals surface area contributed by atoms with E-state index in [-0.39, 0.29) is 22.3 Å². The van der Waals surface area contributed by atoms with Gasteiger partial charge in [0.25, 0.3) is 11.8 Å². The first-order valence-corrected chi connectivity index (χ1v) is 8.60. The van der Waals surface area contributed by atoms with Crippen LogP contribution in [-0.2, 0) is 4.79 Å². The van der Waals surface area contributed by atoms with Crippen LogP contribution in [0.15, 0.2) is 40.9 Å². The number of halogens is 4. The molecular formula is C17H11Cl3FN3O2. The number of carbonyl (C=O) groups excluding carboxylic acids is 1. The van der Waals surface area contributed by atoms with E-state index in [0.29, 0.717) is 16.8 Å². The van der Waals surface area contributed by atoms with Gasteiger partial charge in [0.15, 0.2) is 4.84 Å². The fourth-order valence-corrected chi connectivity index (χ4v) is 2.54. The number of nitrogens with zero attached hydrogens (tertiary/aromatic N) is 2. The van der Waals surface area contributed by atoms with Crippen LogP contribution < -0.4 is 5.32 Å². The molecule has 2 aromatic carbocycles. The number of hydrogen-bond acceptors (Lipinski definition) is 4. The lowest BCUT2D eigenvalue weighted by molar-refractivity contribution is -0.114. The van der Waals surface area contributed by atoms with Crippen molar-refractivity contribution >= 4 is 46.4 Å². The van der Waals surface area contributed by atoms with Crippen LogP contribution >= 0.6 is 34.8 Å². The fraction of sp³-hybridized carbons (Fsp3) is 0.118. The summed E-state index contributed by atoms with van der Waals surface area (Å²) in [4.78, 5) is 14.5. The lowest BCUT2D eigenvalue weighted by atomic mass is 10.1. The van der Waals surface area contributed by atoms with Crippen molar-refractivity contribution in [3.05, 3.63) is 52.8 Å². The summed E-state index contributed by atoms with van der Waals surface area (Å²) >= 11 is 17.1. The summed E-state index contributed by atoms with van der Waals surface area (Å²) in [5.74, 6) is -0.841. The van der Waals surface area contributed by atoms with E-state index in [1.807, 2.05) is 0 Å². The summed E-state index contributed by atoms with van der Waals surface area (Å²) in [6, 6.07) is 9.41. The molecule has 0 radical (unpaired) electrons. The quantitative estimate of drug-likeness (QED) is 0.592. The third kappa shape index (κ3) is 3.82. The van der Waals surface area contributed by atoms with Gasteiger partial charge in [-0.2, -0.15) is 4.98 Å². The van der Waals surface area contributed by atoms with Crippen LogP contribution in [0.2, 0.25) is 5.02 Å². The topological polar surface area (TPSA) is 68.0 Å². The standard InChI is InChI=1S/C17H11Cl3FN3O2/c1-8-2-7-11(21)12(13(8)18)15-23-17(26-24-15)9-3-5-10(6-4-9)22-16(25)14(19)20/h2-7,14H,1H3,(H,22,25). The molecule has 3 aromatic rings. The molecule has 0 aliphatic carbocycles. The first-order valence-electron chi connectivity index (χ1n) is 7.35. The van der Waals surface area contributed by atoms with Gasteiger partial charge in [-0.25, -0.2) is 4.39 Å². The van der Waals surface area contributed by atoms with Crippen LogP contribution in [0.3, 0.4) is 0 Å². The summed E-state index contributed by atoms with van der Waals surface area (Å²) in [5.41, 5.74) is 1.86. The van der Waals surface area contributed by atoms with Crippen LogP contribution in [0, 0.1) is 12.7 Å². The molecule has 0 bridgehead atoms. The van der Waals surface area contributed by atoms with Gasteiger partial charge in [0.2, 0.25) is 5.82 Å². The van der Waals surface area contributed by atoms with E-state index >= 15 is 0 Å². The predicted octanol–water partition coefficient (Wildman–Crippen LogP) is 5.25. The molecule has 9 heteroatoms. The van der Waals surface area contributed by atoms with E-state index in [9.17, 15) is 9.18 Å². The number of hydrogen-bond donors (Lipinski definition) is 1. The maximum absolute atomic E-state index is 14.1. The van der Waals surface area contributed by atoms with Crippen molar-refractivity contribution in [2.45, 2.75) is 11.8 Å². The van der Waals surface area contributed by atoms with Crippen molar-refractivity contribution in [1.29, 1.82) is 0 Å². The van der Waals surface area contributed by atoms with E-state index < -0.39 is 16.6 Å². The van der Waals surface area contributed by atoms with E-state index in [4.69, 9.17) is 39.3 Å². The van der Waals surface area contributed by atoms with Gasteiger partial charge in [0.1, 0.15) is 5.82 Å². The number of nitrogens with one attached hydrogen (secondary N) is 1. The minimum atomic E-state index is -1.16. The average molecular weight is 415 g/mol. The Kier molecular flexibility index (Phi) is 5.46. The van der Waals surface area contributed by atoms with Gasteiger partial charge in [-0.05, 0) is 42.8 Å². The van der Waals surface area contributed by atoms with E-state index in [1.165, 1.54) is 6.07 Å². The molecule has 1 N–H and O–H groups in total. The molecule has 0 saturated carbocycles. The number of alkyl halides is 2. The second-order valence-corrected chi connectivity index (χ2v) is 6.82. The highest BCUT2D eigenvalue weighted by atomic mass is 35.5. The monoisotopic (exact) mass is 413 g/mol. The van der Waals surface area contributed by atoms with Crippen molar-refractivity contribution in [2.75, 3.05) is 5.32 Å². The normalized spacial score (nSPS) is 11.0. The number of carbonyl (C=O) groups is 1. The largest absolute Gasteiger partial charge is 0.334 e. The Bertz CT molecular complexity index is 958. The second kappa shape index (κ2) is 7.61. The SMILES string of the molecule is Cc1ccc(F)c(-c2noc(-c3ccc(NC(=O)C(Cl)Cl)cc3)n2)c1Cl. The van der Waals surface area contributed by atoms with Crippen LogP contribution in [0.1, 0.15) is 5.56 Å². The maximum Gasteiger partial charge on any atom is 0.258 e. The molecule has 134 valence electrons. The number of amides is 1. The van der Waals surface area contributed by atoms with Crippen molar-refractivity contribution in [1.82, 2.24) is 10.1 Å². The number of aryl methyl sites for hydroxylation is 1. The maximum atomic E-state index is 14.1. The number of anilines is 1. The molecule has 0 atom stereocenters. The first kappa shape index (κ1) is 18.6. The minimum Gasteiger partial charge on any atom is -0.334 e. The Morgan fingerprint density at radius 3 is 2.54 bits per heavy atom. The average Bonchev–Trinajstić information content (AvgIpc) is 3.09.